The van der Waals surface area contributed by atoms with Crippen molar-refractivity contribution in [1.29, 1.82) is 0 Å². The summed E-state index contributed by atoms with van der Waals surface area (Å²) in [6, 6.07) is 4.16. The van der Waals surface area contributed by atoms with Crippen molar-refractivity contribution in [3.8, 4) is 0 Å². The van der Waals surface area contributed by atoms with Crippen LogP contribution in [0.25, 0.3) is 0 Å². The van der Waals surface area contributed by atoms with Crippen LogP contribution in [0.3, 0.4) is 0 Å². The third-order valence-corrected chi connectivity index (χ3v) is 5.60. The molecule has 25 heavy (non-hydrogen) atoms. The highest BCUT2D eigenvalue weighted by Gasteiger charge is 2.44. The highest BCUT2D eigenvalue weighted by atomic mass is 15.3. The van der Waals surface area contributed by atoms with Gasteiger partial charge in [0.2, 0.25) is 0 Å². The lowest BCUT2D eigenvalue weighted by Crippen LogP contribution is -2.56. The molecule has 2 aliphatic rings. The second kappa shape index (κ2) is 7.20. The molecule has 1 fully saturated rings. The monoisotopic (exact) mass is 340 g/mol. The number of rotatable bonds is 4. The number of piperidine rings is 1. The van der Waals surface area contributed by atoms with Gasteiger partial charge in [-0.2, -0.15) is 0 Å². The number of fused-ring (bicyclic) bond motifs is 1. The maximum atomic E-state index is 4.71. The molecule has 136 valence electrons. The van der Waals surface area contributed by atoms with Crippen molar-refractivity contribution in [1.82, 2.24) is 10.3 Å². The molecule has 4 nitrogen and oxygen atoms in total. The third kappa shape index (κ3) is 3.32. The molecular formula is C21H32N4. The van der Waals surface area contributed by atoms with Crippen molar-refractivity contribution in [3.63, 3.8) is 0 Å². The molecule has 0 saturated carbocycles. The molecule has 1 aromatic rings. The fourth-order valence-electron chi connectivity index (χ4n) is 3.73. The molecule has 1 saturated heterocycles. The van der Waals surface area contributed by atoms with Crippen LogP contribution >= 0.6 is 0 Å². The summed E-state index contributed by atoms with van der Waals surface area (Å²) in [5.41, 5.74) is 3.54. The van der Waals surface area contributed by atoms with Crippen LogP contribution in [0.4, 0.5) is 11.5 Å². The number of hydrogen-bond donors (Lipinski definition) is 2. The predicted molar refractivity (Wildman–Crippen MR) is 107 cm³/mol. The van der Waals surface area contributed by atoms with E-state index in [0.717, 1.165) is 49.6 Å². The quantitative estimate of drug-likeness (QED) is 0.844. The van der Waals surface area contributed by atoms with Crippen molar-refractivity contribution in [2.24, 2.45) is 11.8 Å². The number of anilines is 2. The highest BCUT2D eigenvalue weighted by molar-refractivity contribution is 5.77. The minimum absolute atomic E-state index is 0.0391. The molecule has 0 radical (unpaired) electrons. The maximum Gasteiger partial charge on any atom is 0.160 e. The molecule has 0 bridgehead atoms. The Morgan fingerprint density at radius 3 is 2.72 bits per heavy atom. The number of pyridine rings is 1. The van der Waals surface area contributed by atoms with Crippen molar-refractivity contribution < 1.29 is 0 Å². The van der Waals surface area contributed by atoms with Crippen LogP contribution in [-0.2, 0) is 0 Å². The molecule has 1 unspecified atom stereocenters. The zero-order chi connectivity index (χ0) is 18.0. The second-order valence-electron chi connectivity index (χ2n) is 7.75. The Bertz CT molecular complexity index is 656. The van der Waals surface area contributed by atoms with Gasteiger partial charge in [-0.3, -0.25) is 4.90 Å². The molecule has 2 N–H and O–H groups in total. The Morgan fingerprint density at radius 1 is 1.36 bits per heavy atom. The Balaban J connectivity index is 2.18. The SMILES string of the molecule is C=C(C(C)C)N1/C(=C\C(C)CC)C2(CCNCC2)Nc2cccnc21. The fourth-order valence-corrected chi connectivity index (χ4v) is 3.73. The molecule has 0 amide bonds. The summed E-state index contributed by atoms with van der Waals surface area (Å²) in [7, 11) is 0. The van der Waals surface area contributed by atoms with E-state index < -0.39 is 0 Å². The zero-order valence-corrected chi connectivity index (χ0v) is 16.1. The Kier molecular flexibility index (Phi) is 5.19. The Hall–Kier alpha value is -1.81. The van der Waals surface area contributed by atoms with Crippen molar-refractivity contribution >= 4 is 11.5 Å². The molecule has 1 atom stereocenters. The van der Waals surface area contributed by atoms with Crippen LogP contribution in [-0.4, -0.2) is 23.6 Å². The first-order valence-corrected chi connectivity index (χ1v) is 9.63. The molecule has 3 rings (SSSR count). The molecule has 1 spiro atoms. The van der Waals surface area contributed by atoms with Gasteiger partial charge in [-0.25, -0.2) is 4.98 Å². The summed E-state index contributed by atoms with van der Waals surface area (Å²) < 4.78 is 0. The van der Waals surface area contributed by atoms with Gasteiger partial charge in [-0.05, 0) is 49.9 Å². The molecule has 4 heteroatoms. The third-order valence-electron chi connectivity index (χ3n) is 5.60. The van der Waals surface area contributed by atoms with Gasteiger partial charge >= 0.3 is 0 Å². The van der Waals surface area contributed by atoms with Crippen LogP contribution in [0.2, 0.25) is 0 Å². The summed E-state index contributed by atoms with van der Waals surface area (Å²) in [4.78, 5) is 7.05. The molecule has 1 aromatic heterocycles. The topological polar surface area (TPSA) is 40.2 Å². The highest BCUT2D eigenvalue weighted by Crippen LogP contribution is 2.46. The normalized spacial score (nSPS) is 22.0. The fraction of sp³-hybridized carbons (Fsp3) is 0.571. The van der Waals surface area contributed by atoms with Crippen LogP contribution < -0.4 is 15.5 Å². The predicted octanol–water partition coefficient (Wildman–Crippen LogP) is 4.54. The first kappa shape index (κ1) is 18.0. The molecule has 0 aromatic carbocycles. The summed E-state index contributed by atoms with van der Waals surface area (Å²) in [5, 5.41) is 7.37. The van der Waals surface area contributed by atoms with Crippen LogP contribution in [0.1, 0.15) is 47.0 Å². The second-order valence-corrected chi connectivity index (χ2v) is 7.75. The molecule has 0 aliphatic carbocycles. The number of nitrogens with zero attached hydrogens (tertiary/aromatic N) is 2. The number of nitrogens with one attached hydrogen (secondary N) is 2. The van der Waals surface area contributed by atoms with Gasteiger partial charge in [-0.1, -0.05) is 46.8 Å². The van der Waals surface area contributed by atoms with E-state index in [2.05, 4.69) is 61.9 Å². The summed E-state index contributed by atoms with van der Waals surface area (Å²) in [6.45, 7) is 15.5. The van der Waals surface area contributed by atoms with Gasteiger partial charge in [0.25, 0.3) is 0 Å². The molecule has 2 aliphatic heterocycles. The van der Waals surface area contributed by atoms with E-state index in [1.807, 2.05) is 12.3 Å². The number of hydrogen-bond acceptors (Lipinski definition) is 4. The number of allylic oxidation sites excluding steroid dienone is 2. The largest absolute Gasteiger partial charge is 0.371 e. The average molecular weight is 341 g/mol. The lowest BCUT2D eigenvalue weighted by Gasteiger charge is -2.50. The smallest absolute Gasteiger partial charge is 0.160 e. The van der Waals surface area contributed by atoms with Gasteiger partial charge in [0.05, 0.1) is 11.2 Å². The van der Waals surface area contributed by atoms with Gasteiger partial charge in [-0.15, -0.1) is 0 Å². The van der Waals surface area contributed by atoms with Crippen LogP contribution in [0.15, 0.2) is 42.4 Å². The Morgan fingerprint density at radius 2 is 2.08 bits per heavy atom. The van der Waals surface area contributed by atoms with Crippen LogP contribution in [0.5, 0.6) is 0 Å². The van der Waals surface area contributed by atoms with E-state index in [0.29, 0.717) is 11.8 Å². The van der Waals surface area contributed by atoms with E-state index in [1.165, 1.54) is 5.70 Å². The summed E-state index contributed by atoms with van der Waals surface area (Å²) in [6.07, 6.45) is 7.61. The van der Waals surface area contributed by atoms with E-state index in [9.17, 15) is 0 Å². The standard InChI is InChI=1S/C21H32N4/c1-6-16(4)14-19-21(9-12-22-13-10-21)24-18-8-7-11-23-20(18)25(19)17(5)15(2)3/h7-8,11,14-16,22,24H,5-6,9-10,12-13H2,1-4H3/b19-14-. The lowest BCUT2D eigenvalue weighted by atomic mass is 9.80. The molecule has 3 heterocycles. The first-order valence-electron chi connectivity index (χ1n) is 9.63. The molecular weight excluding hydrogens is 308 g/mol. The zero-order valence-electron chi connectivity index (χ0n) is 16.1. The lowest BCUT2D eigenvalue weighted by molar-refractivity contribution is 0.370. The van der Waals surface area contributed by atoms with Crippen molar-refractivity contribution in [2.45, 2.75) is 52.5 Å². The minimum atomic E-state index is -0.0391. The van der Waals surface area contributed by atoms with Crippen LogP contribution in [0, 0.1) is 11.8 Å². The van der Waals surface area contributed by atoms with Gasteiger partial charge in [0.1, 0.15) is 0 Å². The minimum Gasteiger partial charge on any atom is -0.371 e. The summed E-state index contributed by atoms with van der Waals surface area (Å²) in [5.74, 6) is 1.88. The van der Waals surface area contributed by atoms with Crippen molar-refractivity contribution in [3.05, 3.63) is 42.4 Å². The van der Waals surface area contributed by atoms with E-state index in [1.54, 1.807) is 0 Å². The van der Waals surface area contributed by atoms with Gasteiger partial charge in [0, 0.05) is 17.6 Å². The number of aromatic nitrogens is 1. The first-order chi connectivity index (χ1) is 12.0. The summed E-state index contributed by atoms with van der Waals surface area (Å²) >= 11 is 0. The van der Waals surface area contributed by atoms with E-state index >= 15 is 0 Å². The van der Waals surface area contributed by atoms with Gasteiger partial charge < -0.3 is 10.6 Å². The van der Waals surface area contributed by atoms with Crippen molar-refractivity contribution in [2.75, 3.05) is 23.3 Å². The van der Waals surface area contributed by atoms with Gasteiger partial charge in [0.15, 0.2) is 5.82 Å². The van der Waals surface area contributed by atoms with E-state index in [-0.39, 0.29) is 5.54 Å². The van der Waals surface area contributed by atoms with E-state index in [4.69, 9.17) is 4.98 Å². The Labute approximate surface area is 152 Å². The average Bonchev–Trinajstić information content (AvgIpc) is 2.62. The maximum absolute atomic E-state index is 4.71.